The monoisotopic (exact) mass is 390 g/mol. The van der Waals surface area contributed by atoms with Gasteiger partial charge >= 0.3 is 0 Å². The third-order valence-electron chi connectivity index (χ3n) is 4.87. The molecule has 1 atom stereocenters. The molecule has 5 nitrogen and oxygen atoms in total. The maximum absolute atomic E-state index is 12.9. The number of carbonyl (C=O) groups is 3. The molecule has 0 spiro atoms. The van der Waals surface area contributed by atoms with Crippen LogP contribution in [0.5, 0.6) is 0 Å². The van der Waals surface area contributed by atoms with Crippen LogP contribution in [0.4, 0.5) is 0 Å². The van der Waals surface area contributed by atoms with Crippen LogP contribution < -0.4 is 11.1 Å². The SMILES string of the molecule is CC(NC(=O)CSc1ccc2c3c(cccc13)C(=O)c1ccccc1-2)C(N)=O. The Hall–Kier alpha value is -3.12. The van der Waals surface area contributed by atoms with Gasteiger partial charge in [-0.15, -0.1) is 11.8 Å². The van der Waals surface area contributed by atoms with Gasteiger partial charge in [0.15, 0.2) is 5.78 Å². The van der Waals surface area contributed by atoms with Crippen LogP contribution in [0.1, 0.15) is 22.8 Å². The zero-order chi connectivity index (χ0) is 19.8. The van der Waals surface area contributed by atoms with E-state index < -0.39 is 11.9 Å². The fourth-order valence-corrected chi connectivity index (χ4v) is 4.34. The summed E-state index contributed by atoms with van der Waals surface area (Å²) >= 11 is 1.37. The lowest BCUT2D eigenvalue weighted by molar-refractivity contribution is -0.125. The van der Waals surface area contributed by atoms with E-state index >= 15 is 0 Å². The van der Waals surface area contributed by atoms with E-state index in [0.717, 1.165) is 26.8 Å². The molecule has 0 aliphatic heterocycles. The second-order valence-electron chi connectivity index (χ2n) is 6.69. The molecule has 0 fully saturated rings. The molecule has 0 aromatic heterocycles. The number of primary amides is 1. The number of rotatable bonds is 5. The molecule has 3 aromatic carbocycles. The summed E-state index contributed by atoms with van der Waals surface area (Å²) in [6, 6.07) is 16.6. The van der Waals surface area contributed by atoms with Crippen LogP contribution in [0.3, 0.4) is 0 Å². The lowest BCUT2D eigenvalue weighted by Crippen LogP contribution is -2.42. The van der Waals surface area contributed by atoms with E-state index in [1.54, 1.807) is 6.92 Å². The second-order valence-corrected chi connectivity index (χ2v) is 7.71. The third kappa shape index (κ3) is 3.05. The van der Waals surface area contributed by atoms with Crippen molar-refractivity contribution in [2.75, 3.05) is 5.75 Å². The molecular formula is C22H18N2O3S. The summed E-state index contributed by atoms with van der Waals surface area (Å²) in [5.74, 6) is -0.667. The maximum Gasteiger partial charge on any atom is 0.239 e. The summed E-state index contributed by atoms with van der Waals surface area (Å²) < 4.78 is 0. The fourth-order valence-electron chi connectivity index (χ4n) is 3.48. The minimum Gasteiger partial charge on any atom is -0.368 e. The number of fused-ring (bicyclic) bond motifs is 2. The van der Waals surface area contributed by atoms with E-state index in [0.29, 0.717) is 11.1 Å². The summed E-state index contributed by atoms with van der Waals surface area (Å²) in [6.07, 6.45) is 0. The Labute approximate surface area is 166 Å². The molecule has 140 valence electrons. The van der Waals surface area contributed by atoms with Crippen molar-refractivity contribution < 1.29 is 14.4 Å². The number of amides is 2. The Morgan fingerprint density at radius 2 is 1.68 bits per heavy atom. The van der Waals surface area contributed by atoms with Gasteiger partial charge in [0.25, 0.3) is 0 Å². The van der Waals surface area contributed by atoms with Crippen molar-refractivity contribution in [1.82, 2.24) is 5.32 Å². The van der Waals surface area contributed by atoms with Crippen molar-refractivity contribution in [3.8, 4) is 11.1 Å². The lowest BCUT2D eigenvalue weighted by atomic mass is 9.83. The Bertz CT molecular complexity index is 1140. The molecule has 1 aliphatic rings. The highest BCUT2D eigenvalue weighted by atomic mass is 32.2. The summed E-state index contributed by atoms with van der Waals surface area (Å²) in [6.45, 7) is 1.55. The molecule has 0 radical (unpaired) electrons. The maximum atomic E-state index is 12.9. The number of nitrogens with two attached hydrogens (primary N) is 1. The first-order chi connectivity index (χ1) is 13.5. The summed E-state index contributed by atoms with van der Waals surface area (Å²) in [4.78, 5) is 37.0. The molecule has 28 heavy (non-hydrogen) atoms. The molecule has 2 amide bonds. The van der Waals surface area contributed by atoms with Gasteiger partial charge in [0.05, 0.1) is 5.75 Å². The van der Waals surface area contributed by atoms with E-state index in [1.807, 2.05) is 54.6 Å². The molecule has 0 bridgehead atoms. The predicted octanol–water partition coefficient (Wildman–Crippen LogP) is 3.13. The first kappa shape index (κ1) is 18.3. The second kappa shape index (κ2) is 7.13. The van der Waals surface area contributed by atoms with E-state index in [9.17, 15) is 14.4 Å². The van der Waals surface area contributed by atoms with Crippen LogP contribution >= 0.6 is 11.8 Å². The molecule has 1 aliphatic carbocycles. The zero-order valence-electron chi connectivity index (χ0n) is 15.2. The van der Waals surface area contributed by atoms with Crippen LogP contribution in [-0.4, -0.2) is 29.4 Å². The molecule has 1 unspecified atom stereocenters. The van der Waals surface area contributed by atoms with Gasteiger partial charge in [-0.3, -0.25) is 14.4 Å². The van der Waals surface area contributed by atoms with Crippen molar-refractivity contribution >= 4 is 40.1 Å². The smallest absolute Gasteiger partial charge is 0.239 e. The minimum atomic E-state index is -0.710. The molecule has 3 N–H and O–H groups in total. The number of carbonyl (C=O) groups excluding carboxylic acids is 3. The van der Waals surface area contributed by atoms with Crippen LogP contribution in [0.2, 0.25) is 0 Å². The summed E-state index contributed by atoms with van der Waals surface area (Å²) in [7, 11) is 0. The van der Waals surface area contributed by atoms with E-state index in [1.165, 1.54) is 11.8 Å². The molecule has 0 heterocycles. The van der Waals surface area contributed by atoms with Crippen LogP contribution in [0, 0.1) is 0 Å². The average Bonchev–Trinajstić information content (AvgIpc) is 2.70. The van der Waals surface area contributed by atoms with Gasteiger partial charge in [0.1, 0.15) is 6.04 Å². The van der Waals surface area contributed by atoms with E-state index in [4.69, 9.17) is 5.73 Å². The Kier molecular flexibility index (Phi) is 4.65. The number of hydrogen-bond donors (Lipinski definition) is 2. The standard InChI is InChI=1S/C22H18N2O3S/c1-12(22(23)27)24-19(25)11-28-18-10-9-14-13-5-2-3-6-15(13)21(26)17-8-4-7-16(18)20(14)17/h2-10,12H,11H2,1H3,(H2,23,27)(H,24,25). The number of thioether (sulfide) groups is 1. The third-order valence-corrected chi connectivity index (χ3v) is 5.94. The van der Waals surface area contributed by atoms with Crippen molar-refractivity contribution in [3.05, 3.63) is 65.7 Å². The van der Waals surface area contributed by atoms with Crippen molar-refractivity contribution in [2.45, 2.75) is 17.9 Å². The predicted molar refractivity (Wildman–Crippen MR) is 110 cm³/mol. The van der Waals surface area contributed by atoms with Crippen LogP contribution in [0.25, 0.3) is 21.9 Å². The zero-order valence-corrected chi connectivity index (χ0v) is 16.0. The van der Waals surface area contributed by atoms with Crippen LogP contribution in [0.15, 0.2) is 59.5 Å². The van der Waals surface area contributed by atoms with Gasteiger partial charge in [-0.25, -0.2) is 0 Å². The first-order valence-electron chi connectivity index (χ1n) is 8.88. The van der Waals surface area contributed by atoms with Gasteiger partial charge in [0.2, 0.25) is 11.8 Å². The molecular weight excluding hydrogens is 372 g/mol. The quantitative estimate of drug-likeness (QED) is 0.513. The number of ketones is 1. The molecule has 3 aromatic rings. The highest BCUT2D eigenvalue weighted by Crippen LogP contribution is 2.42. The van der Waals surface area contributed by atoms with Crippen molar-refractivity contribution in [1.29, 1.82) is 0 Å². The Morgan fingerprint density at radius 3 is 2.43 bits per heavy atom. The van der Waals surface area contributed by atoms with Gasteiger partial charge < -0.3 is 11.1 Å². The van der Waals surface area contributed by atoms with Crippen molar-refractivity contribution in [2.24, 2.45) is 5.73 Å². The number of benzene rings is 3. The highest BCUT2D eigenvalue weighted by molar-refractivity contribution is 8.00. The largest absolute Gasteiger partial charge is 0.368 e. The molecule has 0 saturated carbocycles. The minimum absolute atomic E-state index is 0.0175. The topological polar surface area (TPSA) is 89.3 Å². The van der Waals surface area contributed by atoms with Gasteiger partial charge in [0, 0.05) is 21.4 Å². The van der Waals surface area contributed by atoms with Gasteiger partial charge in [-0.05, 0) is 29.5 Å². The number of hydrogen-bond acceptors (Lipinski definition) is 4. The van der Waals surface area contributed by atoms with Crippen molar-refractivity contribution in [3.63, 3.8) is 0 Å². The Balaban J connectivity index is 1.70. The normalized spacial score (nSPS) is 13.1. The molecule has 6 heteroatoms. The summed E-state index contributed by atoms with van der Waals surface area (Å²) in [5.41, 5.74) is 8.53. The summed E-state index contributed by atoms with van der Waals surface area (Å²) in [5, 5.41) is 4.44. The van der Waals surface area contributed by atoms with Gasteiger partial charge in [-0.2, -0.15) is 0 Å². The Morgan fingerprint density at radius 1 is 0.964 bits per heavy atom. The van der Waals surface area contributed by atoms with Gasteiger partial charge in [-0.1, -0.05) is 48.5 Å². The fraction of sp³-hybridized carbons (Fsp3) is 0.136. The van der Waals surface area contributed by atoms with E-state index in [2.05, 4.69) is 5.32 Å². The molecule has 4 rings (SSSR count). The highest BCUT2D eigenvalue weighted by Gasteiger charge is 2.25. The molecule has 0 saturated heterocycles. The lowest BCUT2D eigenvalue weighted by Gasteiger charge is -2.21. The number of nitrogens with one attached hydrogen (secondary N) is 1. The van der Waals surface area contributed by atoms with E-state index in [-0.39, 0.29) is 17.4 Å². The van der Waals surface area contributed by atoms with Crippen LogP contribution in [-0.2, 0) is 9.59 Å². The average molecular weight is 390 g/mol. The first-order valence-corrected chi connectivity index (χ1v) is 9.87.